The van der Waals surface area contributed by atoms with E-state index in [-0.39, 0.29) is 22.4 Å². The summed E-state index contributed by atoms with van der Waals surface area (Å²) in [5, 5.41) is 0. The third kappa shape index (κ3) is 15.2. The summed E-state index contributed by atoms with van der Waals surface area (Å²) in [7, 11) is 0. The molecule has 2 N–H and O–H groups in total. The molecule has 0 saturated heterocycles. The predicted octanol–water partition coefficient (Wildman–Crippen LogP) is 3.86. The average molecular weight is 382 g/mol. The molecule has 0 aromatic rings. The normalized spacial score (nSPS) is 9.86. The molecule has 1 radical (unpaired) electrons. The van der Waals surface area contributed by atoms with Gasteiger partial charge in [0.1, 0.15) is 0 Å². The van der Waals surface area contributed by atoms with Crippen LogP contribution >= 0.6 is 0 Å². The van der Waals surface area contributed by atoms with Gasteiger partial charge in [-0.3, -0.25) is 0 Å². The van der Waals surface area contributed by atoms with Crippen LogP contribution in [-0.2, 0) is 22.4 Å². The molecule has 0 atom stereocenters. The van der Waals surface area contributed by atoms with Crippen molar-refractivity contribution in [1.82, 2.24) is 0 Å². The van der Waals surface area contributed by atoms with E-state index in [0.717, 1.165) is 6.54 Å². The zero-order valence-electron chi connectivity index (χ0n) is 9.66. The fourth-order valence-corrected chi connectivity index (χ4v) is 1.63. The molecule has 0 aliphatic carbocycles. The minimum Gasteiger partial charge on any atom is -0.330 e. The van der Waals surface area contributed by atoms with E-state index in [1.54, 1.807) is 0 Å². The summed E-state index contributed by atoms with van der Waals surface area (Å²) < 4.78 is 0. The van der Waals surface area contributed by atoms with Gasteiger partial charge in [0.25, 0.3) is 0 Å². The molecule has 0 spiro atoms. The van der Waals surface area contributed by atoms with Gasteiger partial charge in [-0.1, -0.05) is 64.7 Å². The second-order valence-electron chi connectivity index (χ2n) is 3.97. The van der Waals surface area contributed by atoms with E-state index in [4.69, 9.17) is 5.73 Å². The Labute approximate surface area is 106 Å². The van der Waals surface area contributed by atoms with Gasteiger partial charge in [0.05, 0.1) is 0 Å². The molecule has 0 rings (SSSR count). The van der Waals surface area contributed by atoms with Crippen molar-refractivity contribution < 1.29 is 22.4 Å². The van der Waals surface area contributed by atoms with E-state index in [0.29, 0.717) is 0 Å². The molecule has 0 aliphatic heterocycles. The standard InChI is InChI=1S/C12H27N.Au/c1-2-3-4-5-6-7-8-9-10-11-12-13;/h2-13H2,1H3;. The Bertz CT molecular complexity index is 76.4. The molecule has 1 nitrogen and oxygen atoms in total. The molecule has 0 amide bonds. The third-order valence-corrected chi connectivity index (χ3v) is 2.56. The molecule has 0 saturated carbocycles. The molecule has 0 unspecified atom stereocenters. The Hall–Kier alpha value is 0.700. The molecule has 0 aliphatic rings. The van der Waals surface area contributed by atoms with Gasteiger partial charge in [-0.05, 0) is 13.0 Å². The van der Waals surface area contributed by atoms with Crippen LogP contribution in [0.25, 0.3) is 0 Å². The molecule has 0 bridgehead atoms. The van der Waals surface area contributed by atoms with Crippen LogP contribution in [0.3, 0.4) is 0 Å². The summed E-state index contributed by atoms with van der Waals surface area (Å²) in [5.74, 6) is 0. The van der Waals surface area contributed by atoms with Crippen molar-refractivity contribution in [2.24, 2.45) is 5.73 Å². The molecule has 91 valence electrons. The van der Waals surface area contributed by atoms with Crippen LogP contribution in [0.15, 0.2) is 0 Å². The van der Waals surface area contributed by atoms with Crippen molar-refractivity contribution in [2.75, 3.05) is 6.54 Å². The number of rotatable bonds is 10. The van der Waals surface area contributed by atoms with Gasteiger partial charge in [-0.15, -0.1) is 0 Å². The van der Waals surface area contributed by atoms with E-state index in [9.17, 15) is 0 Å². The average Bonchev–Trinajstić information content (AvgIpc) is 2.16. The number of hydrogen-bond donors (Lipinski definition) is 1. The monoisotopic (exact) mass is 382 g/mol. The predicted molar refractivity (Wildman–Crippen MR) is 60.9 cm³/mol. The second kappa shape index (κ2) is 16.1. The molecular formula is C12H27AuN. The van der Waals surface area contributed by atoms with Crippen LogP contribution in [0.1, 0.15) is 71.1 Å². The van der Waals surface area contributed by atoms with E-state index in [1.165, 1.54) is 64.2 Å². The van der Waals surface area contributed by atoms with Gasteiger partial charge >= 0.3 is 0 Å². The molecule has 0 aromatic heterocycles. The first-order valence-electron chi connectivity index (χ1n) is 6.12. The minimum atomic E-state index is 0. The fourth-order valence-electron chi connectivity index (χ4n) is 1.63. The summed E-state index contributed by atoms with van der Waals surface area (Å²) in [6.45, 7) is 3.14. The van der Waals surface area contributed by atoms with Crippen LogP contribution in [-0.4, -0.2) is 6.54 Å². The van der Waals surface area contributed by atoms with Crippen LogP contribution in [0.5, 0.6) is 0 Å². The van der Waals surface area contributed by atoms with Crippen LogP contribution in [0.4, 0.5) is 0 Å². The first-order chi connectivity index (χ1) is 6.41. The van der Waals surface area contributed by atoms with Gasteiger partial charge in [0.2, 0.25) is 0 Å². The van der Waals surface area contributed by atoms with Gasteiger partial charge in [-0.2, -0.15) is 0 Å². The van der Waals surface area contributed by atoms with E-state index in [2.05, 4.69) is 6.92 Å². The smallest absolute Gasteiger partial charge is 0 e. The Balaban J connectivity index is 0. The quantitative estimate of drug-likeness (QED) is 0.451. The zero-order chi connectivity index (χ0) is 9.78. The van der Waals surface area contributed by atoms with Crippen LogP contribution in [0.2, 0.25) is 0 Å². The Morgan fingerprint density at radius 2 is 1.00 bits per heavy atom. The maximum atomic E-state index is 5.42. The topological polar surface area (TPSA) is 26.0 Å². The first-order valence-corrected chi connectivity index (χ1v) is 6.12. The van der Waals surface area contributed by atoms with E-state index < -0.39 is 0 Å². The molecular weight excluding hydrogens is 355 g/mol. The largest absolute Gasteiger partial charge is 0.330 e. The van der Waals surface area contributed by atoms with Crippen LogP contribution in [0, 0.1) is 0 Å². The summed E-state index contributed by atoms with van der Waals surface area (Å²) in [4.78, 5) is 0. The van der Waals surface area contributed by atoms with Crippen LogP contribution < -0.4 is 5.73 Å². The summed E-state index contributed by atoms with van der Waals surface area (Å²) in [6, 6.07) is 0. The zero-order valence-corrected chi connectivity index (χ0v) is 11.8. The van der Waals surface area contributed by atoms with Crippen molar-refractivity contribution in [3.8, 4) is 0 Å². The number of hydrogen-bond acceptors (Lipinski definition) is 1. The SMILES string of the molecule is CCCCCCCCCCCCN.[Au]. The first kappa shape index (κ1) is 17.1. The van der Waals surface area contributed by atoms with Crippen molar-refractivity contribution in [2.45, 2.75) is 71.1 Å². The third-order valence-electron chi connectivity index (χ3n) is 2.56. The summed E-state index contributed by atoms with van der Waals surface area (Å²) in [6.07, 6.45) is 13.9. The van der Waals surface area contributed by atoms with E-state index >= 15 is 0 Å². The van der Waals surface area contributed by atoms with Gasteiger partial charge in [-0.25, -0.2) is 0 Å². The van der Waals surface area contributed by atoms with Crippen molar-refractivity contribution >= 4 is 0 Å². The maximum Gasteiger partial charge on any atom is 0 e. The van der Waals surface area contributed by atoms with Gasteiger partial charge < -0.3 is 5.73 Å². The second-order valence-corrected chi connectivity index (χ2v) is 3.97. The van der Waals surface area contributed by atoms with E-state index in [1.807, 2.05) is 0 Å². The minimum absolute atomic E-state index is 0. The number of nitrogens with two attached hydrogens (primary N) is 1. The van der Waals surface area contributed by atoms with Crippen molar-refractivity contribution in [3.63, 3.8) is 0 Å². The van der Waals surface area contributed by atoms with Crippen molar-refractivity contribution in [3.05, 3.63) is 0 Å². The Morgan fingerprint density at radius 3 is 1.36 bits per heavy atom. The Kier molecular flexibility index (Phi) is 19.7. The van der Waals surface area contributed by atoms with Gasteiger partial charge in [0.15, 0.2) is 0 Å². The number of unbranched alkanes of at least 4 members (excludes halogenated alkanes) is 9. The van der Waals surface area contributed by atoms with Gasteiger partial charge in [0, 0.05) is 22.4 Å². The fraction of sp³-hybridized carbons (Fsp3) is 1.00. The summed E-state index contributed by atoms with van der Waals surface area (Å²) >= 11 is 0. The molecule has 14 heavy (non-hydrogen) atoms. The van der Waals surface area contributed by atoms with Crippen molar-refractivity contribution in [1.29, 1.82) is 0 Å². The maximum absolute atomic E-state index is 5.42. The molecule has 0 heterocycles. The molecule has 2 heteroatoms. The molecule has 0 fully saturated rings. The summed E-state index contributed by atoms with van der Waals surface area (Å²) in [5.41, 5.74) is 5.42. The molecule has 0 aromatic carbocycles. The Morgan fingerprint density at radius 1 is 0.643 bits per heavy atom.